The lowest BCUT2D eigenvalue weighted by molar-refractivity contribution is 0.509. The van der Waals surface area contributed by atoms with Crippen LogP contribution in [-0.4, -0.2) is 19.1 Å². The molecule has 4 aromatic rings. The molecule has 182 valence electrons. The number of hydrazine groups is 1. The van der Waals surface area contributed by atoms with Gasteiger partial charge in [0.1, 0.15) is 12.2 Å². The number of nitrogens with zero attached hydrogens (tertiary/aromatic N) is 6. The van der Waals surface area contributed by atoms with Crippen LogP contribution in [0, 0.1) is 29.9 Å². The molecule has 4 rings (SSSR count). The van der Waals surface area contributed by atoms with Crippen molar-refractivity contribution >= 4 is 28.7 Å². The first-order chi connectivity index (χ1) is 17.1. The van der Waals surface area contributed by atoms with Gasteiger partial charge in [0, 0.05) is 36.3 Å². The number of halogens is 3. The summed E-state index contributed by atoms with van der Waals surface area (Å²) in [5.41, 5.74) is 3.90. The largest absolute Gasteiger partial charge is 0.397 e. The number of pyridine rings is 2. The molecule has 4 N–H and O–H groups in total. The monoisotopic (exact) mass is 510 g/mol. The molecule has 3 aromatic heterocycles. The van der Waals surface area contributed by atoms with E-state index in [1.54, 1.807) is 6.92 Å². The van der Waals surface area contributed by atoms with Crippen LogP contribution in [0.25, 0.3) is 16.9 Å². The summed E-state index contributed by atoms with van der Waals surface area (Å²) in [5, 5.41) is 10.4. The van der Waals surface area contributed by atoms with Gasteiger partial charge in [0.05, 0.1) is 40.0 Å². The molecular weight excluding hydrogens is 494 g/mol. The number of nitrogens with two attached hydrogens (primary N) is 2. The number of aryl methyl sites for hydroxylation is 1. The number of nitrogen functional groups attached to an aromatic ring is 1. The zero-order chi connectivity index (χ0) is 26.1. The van der Waals surface area contributed by atoms with Gasteiger partial charge in [-0.1, -0.05) is 11.6 Å². The number of aromatic nitrogens is 4. The molecule has 0 aliphatic rings. The molecule has 3 heterocycles. The second-order valence-electron chi connectivity index (χ2n) is 7.67. The van der Waals surface area contributed by atoms with Crippen LogP contribution in [-0.2, 0) is 6.54 Å². The van der Waals surface area contributed by atoms with Gasteiger partial charge < -0.3 is 5.73 Å². The van der Waals surface area contributed by atoms with Crippen LogP contribution < -0.4 is 27.8 Å². The lowest BCUT2D eigenvalue weighted by atomic mass is 10.1. The maximum Gasteiger partial charge on any atom is 0.337 e. The molecule has 10 nitrogen and oxygen atoms in total. The highest BCUT2D eigenvalue weighted by Crippen LogP contribution is 2.34. The van der Waals surface area contributed by atoms with Gasteiger partial charge in [0.25, 0.3) is 5.56 Å². The smallest absolute Gasteiger partial charge is 0.337 e. The first-order valence-corrected chi connectivity index (χ1v) is 10.6. The fourth-order valence-corrected chi connectivity index (χ4v) is 3.85. The van der Waals surface area contributed by atoms with E-state index in [1.807, 2.05) is 6.07 Å². The minimum Gasteiger partial charge on any atom is -0.397 e. The van der Waals surface area contributed by atoms with Crippen molar-refractivity contribution in [1.82, 2.24) is 19.1 Å². The molecule has 0 amide bonds. The van der Waals surface area contributed by atoms with Crippen molar-refractivity contribution in [2.75, 3.05) is 10.7 Å². The Bertz CT molecular complexity index is 1660. The highest BCUT2D eigenvalue weighted by molar-refractivity contribution is 6.30. The van der Waals surface area contributed by atoms with Gasteiger partial charge in [-0.3, -0.25) is 24.3 Å². The van der Waals surface area contributed by atoms with Crippen molar-refractivity contribution in [3.8, 4) is 23.0 Å². The van der Waals surface area contributed by atoms with Crippen molar-refractivity contribution in [3.63, 3.8) is 0 Å². The molecule has 0 atom stereocenters. The average molecular weight is 511 g/mol. The summed E-state index contributed by atoms with van der Waals surface area (Å²) in [6.07, 6.45) is 5.43. The first kappa shape index (κ1) is 24.5. The Balaban J connectivity index is 2.18. The Labute approximate surface area is 207 Å². The van der Waals surface area contributed by atoms with E-state index in [0.717, 1.165) is 14.1 Å². The summed E-state index contributed by atoms with van der Waals surface area (Å²) in [6.45, 7) is 1.20. The number of rotatable bonds is 5. The predicted octanol–water partition coefficient (Wildman–Crippen LogP) is 2.81. The number of benzene rings is 1. The summed E-state index contributed by atoms with van der Waals surface area (Å²) in [6, 6.07) is 6.23. The van der Waals surface area contributed by atoms with Gasteiger partial charge >= 0.3 is 5.69 Å². The molecule has 0 aliphatic carbocycles. The van der Waals surface area contributed by atoms with Crippen molar-refractivity contribution in [2.24, 2.45) is 5.84 Å². The lowest BCUT2D eigenvalue weighted by Crippen LogP contribution is -2.44. The Hall–Kier alpha value is -4.60. The lowest BCUT2D eigenvalue weighted by Gasteiger charge is -2.25. The molecule has 0 saturated heterocycles. The van der Waals surface area contributed by atoms with E-state index in [9.17, 15) is 23.6 Å². The highest BCUT2D eigenvalue weighted by atomic mass is 35.5. The summed E-state index contributed by atoms with van der Waals surface area (Å²) in [5.74, 6) is 3.80. The van der Waals surface area contributed by atoms with Crippen LogP contribution in [0.15, 0.2) is 58.6 Å². The van der Waals surface area contributed by atoms with Gasteiger partial charge in [-0.05, 0) is 24.6 Å². The van der Waals surface area contributed by atoms with E-state index in [2.05, 4.69) is 9.97 Å². The van der Waals surface area contributed by atoms with Crippen LogP contribution in [0.4, 0.5) is 25.8 Å². The molecule has 0 bridgehead atoms. The predicted molar refractivity (Wildman–Crippen MR) is 130 cm³/mol. The zero-order valence-corrected chi connectivity index (χ0v) is 19.4. The first-order valence-electron chi connectivity index (χ1n) is 10.2. The molecular formula is C23H17ClF2N8O2. The van der Waals surface area contributed by atoms with Crippen LogP contribution in [0.5, 0.6) is 0 Å². The quantitative estimate of drug-likeness (QED) is 0.236. The molecule has 13 heteroatoms. The van der Waals surface area contributed by atoms with E-state index in [4.69, 9.17) is 23.2 Å². The molecule has 0 aliphatic heterocycles. The fraction of sp³-hybridized carbons (Fsp3) is 0.0870. The Morgan fingerprint density at radius 3 is 2.44 bits per heavy atom. The average Bonchev–Trinajstić information content (AvgIpc) is 2.82. The third kappa shape index (κ3) is 4.28. The Kier molecular flexibility index (Phi) is 6.52. The third-order valence-electron chi connectivity index (χ3n) is 5.22. The molecule has 0 fully saturated rings. The summed E-state index contributed by atoms with van der Waals surface area (Å²) in [7, 11) is 0. The number of nitriles is 1. The summed E-state index contributed by atoms with van der Waals surface area (Å²) >= 11 is 6.10. The zero-order valence-electron chi connectivity index (χ0n) is 18.6. The van der Waals surface area contributed by atoms with Crippen molar-refractivity contribution in [1.29, 1.82) is 5.26 Å². The fourth-order valence-electron chi connectivity index (χ4n) is 3.68. The van der Waals surface area contributed by atoms with Crippen LogP contribution in [0.3, 0.4) is 0 Å². The molecule has 0 saturated carbocycles. The van der Waals surface area contributed by atoms with Crippen molar-refractivity contribution < 1.29 is 8.78 Å². The van der Waals surface area contributed by atoms with Gasteiger partial charge in [0.15, 0.2) is 11.6 Å². The SMILES string of the molecule is Cc1cncc(-n2c(=O)c(N(N)c3cc(F)c(F)cc3N)c(-c3cncc(Cl)c3)n(CC#N)c2=O)c1. The summed E-state index contributed by atoms with van der Waals surface area (Å²) in [4.78, 5) is 35.4. The van der Waals surface area contributed by atoms with E-state index >= 15 is 0 Å². The van der Waals surface area contributed by atoms with Crippen molar-refractivity contribution in [2.45, 2.75) is 13.5 Å². The van der Waals surface area contributed by atoms with Gasteiger partial charge in [0.2, 0.25) is 0 Å². The molecule has 0 unspecified atom stereocenters. The maximum atomic E-state index is 14.1. The number of anilines is 3. The van der Waals surface area contributed by atoms with Gasteiger partial charge in [-0.15, -0.1) is 0 Å². The van der Waals surface area contributed by atoms with Crippen LogP contribution in [0.2, 0.25) is 5.02 Å². The number of hydrogen-bond acceptors (Lipinski definition) is 8. The standard InChI is InChI=1S/C23H17ClF2N8O2/c1-12-4-15(11-30-8-12)33-22(35)21(34(29)19-7-17(26)16(25)6-18(19)28)20(32(3-2-27)23(33)36)13-5-14(24)10-31-9-13/h4-11H,3,28-29H2,1H3. The minimum atomic E-state index is -1.27. The minimum absolute atomic E-state index is 0.0976. The molecule has 36 heavy (non-hydrogen) atoms. The van der Waals surface area contributed by atoms with Crippen molar-refractivity contribution in [3.05, 3.63) is 92.1 Å². The maximum absolute atomic E-state index is 14.1. The summed E-state index contributed by atoms with van der Waals surface area (Å²) < 4.78 is 29.6. The highest BCUT2D eigenvalue weighted by Gasteiger charge is 2.27. The van der Waals surface area contributed by atoms with Gasteiger partial charge in [-0.25, -0.2) is 24.0 Å². The number of hydrogen-bond donors (Lipinski definition) is 2. The van der Waals surface area contributed by atoms with Gasteiger partial charge in [-0.2, -0.15) is 5.26 Å². The van der Waals surface area contributed by atoms with E-state index in [1.165, 1.54) is 36.9 Å². The van der Waals surface area contributed by atoms with E-state index in [0.29, 0.717) is 17.7 Å². The Morgan fingerprint density at radius 2 is 1.78 bits per heavy atom. The topological polar surface area (TPSA) is 149 Å². The normalized spacial score (nSPS) is 10.8. The second kappa shape index (κ2) is 9.57. The van der Waals surface area contributed by atoms with E-state index in [-0.39, 0.29) is 39.0 Å². The molecule has 0 spiro atoms. The Morgan fingerprint density at radius 1 is 1.08 bits per heavy atom. The van der Waals surface area contributed by atoms with E-state index < -0.39 is 29.4 Å². The molecule has 1 aromatic carbocycles. The third-order valence-corrected chi connectivity index (χ3v) is 5.42. The molecule has 0 radical (unpaired) electrons. The van der Waals surface area contributed by atoms with Crippen LogP contribution in [0.1, 0.15) is 5.56 Å². The van der Waals surface area contributed by atoms with Crippen LogP contribution >= 0.6 is 11.6 Å². The second-order valence-corrected chi connectivity index (χ2v) is 8.11.